The Balaban J connectivity index is 2.47. The van der Waals surface area contributed by atoms with E-state index in [1.807, 2.05) is 30.3 Å². The fraction of sp³-hybridized carbons (Fsp3) is 0.467. The van der Waals surface area contributed by atoms with Gasteiger partial charge in [-0.25, -0.2) is 0 Å². The molecule has 5 nitrogen and oxygen atoms in total. The van der Waals surface area contributed by atoms with E-state index in [0.717, 1.165) is 18.4 Å². The van der Waals surface area contributed by atoms with Gasteiger partial charge in [0.15, 0.2) is 0 Å². The van der Waals surface area contributed by atoms with Crippen LogP contribution in [0.1, 0.15) is 31.7 Å². The quantitative estimate of drug-likeness (QED) is 0.618. The summed E-state index contributed by atoms with van der Waals surface area (Å²) in [7, 11) is 0. The van der Waals surface area contributed by atoms with Crippen LogP contribution in [-0.4, -0.2) is 24.4 Å². The molecule has 0 bridgehead atoms. The first-order valence-electron chi connectivity index (χ1n) is 6.92. The number of rotatable bonds is 8. The van der Waals surface area contributed by atoms with Crippen molar-refractivity contribution in [3.63, 3.8) is 0 Å². The second kappa shape index (κ2) is 9.09. The van der Waals surface area contributed by atoms with Crippen LogP contribution in [-0.2, 0) is 16.1 Å². The number of unbranched alkanes of at least 4 members (excludes halogenated alkanes) is 1. The molecule has 0 unspecified atom stereocenters. The molecule has 2 amide bonds. The molecule has 20 heavy (non-hydrogen) atoms. The van der Waals surface area contributed by atoms with Crippen LogP contribution in [0.15, 0.2) is 30.3 Å². The summed E-state index contributed by atoms with van der Waals surface area (Å²) < 4.78 is 0. The highest BCUT2D eigenvalue weighted by atomic mass is 16.2. The number of amides is 2. The number of hydrogen-bond acceptors (Lipinski definition) is 3. The molecule has 0 fully saturated rings. The topological polar surface area (TPSA) is 84.2 Å². The summed E-state index contributed by atoms with van der Waals surface area (Å²) in [4.78, 5) is 23.2. The van der Waals surface area contributed by atoms with Crippen LogP contribution in [0.4, 0.5) is 0 Å². The highest BCUT2D eigenvalue weighted by Crippen LogP contribution is 2.02. The van der Waals surface area contributed by atoms with Crippen LogP contribution in [0, 0.1) is 0 Å². The van der Waals surface area contributed by atoms with Gasteiger partial charge in [0.1, 0.15) is 6.04 Å². The van der Waals surface area contributed by atoms with Gasteiger partial charge in [0, 0.05) is 13.5 Å². The SMILES string of the molecule is CC(=O)N[C@H](CCCCN)C(=O)NCc1ccccc1. The third kappa shape index (κ3) is 6.33. The number of hydrogen-bond donors (Lipinski definition) is 3. The van der Waals surface area contributed by atoms with Crippen LogP contribution in [0.3, 0.4) is 0 Å². The Hall–Kier alpha value is -1.88. The van der Waals surface area contributed by atoms with Crippen molar-refractivity contribution in [3.8, 4) is 0 Å². The molecule has 0 radical (unpaired) electrons. The average Bonchev–Trinajstić information content (AvgIpc) is 2.44. The van der Waals surface area contributed by atoms with Crippen LogP contribution in [0.25, 0.3) is 0 Å². The first-order valence-corrected chi connectivity index (χ1v) is 6.92. The van der Waals surface area contributed by atoms with E-state index in [4.69, 9.17) is 5.73 Å². The molecule has 110 valence electrons. The predicted molar refractivity (Wildman–Crippen MR) is 78.8 cm³/mol. The number of nitrogens with two attached hydrogens (primary N) is 1. The molecule has 0 aliphatic rings. The van der Waals surface area contributed by atoms with Crippen molar-refractivity contribution in [1.82, 2.24) is 10.6 Å². The first kappa shape index (κ1) is 16.2. The van der Waals surface area contributed by atoms with Gasteiger partial charge < -0.3 is 16.4 Å². The summed E-state index contributed by atoms with van der Waals surface area (Å²) in [6.45, 7) is 2.48. The van der Waals surface area contributed by atoms with Crippen molar-refractivity contribution in [2.45, 2.75) is 38.8 Å². The van der Waals surface area contributed by atoms with Crippen LogP contribution < -0.4 is 16.4 Å². The maximum atomic E-state index is 12.1. The Morgan fingerprint density at radius 1 is 1.20 bits per heavy atom. The van der Waals surface area contributed by atoms with Gasteiger partial charge in [0.05, 0.1) is 0 Å². The normalized spacial score (nSPS) is 11.7. The van der Waals surface area contributed by atoms with Gasteiger partial charge in [-0.05, 0) is 31.4 Å². The molecule has 0 saturated carbocycles. The van der Waals surface area contributed by atoms with E-state index in [1.165, 1.54) is 6.92 Å². The third-order valence-corrected chi connectivity index (χ3v) is 2.95. The maximum absolute atomic E-state index is 12.1. The lowest BCUT2D eigenvalue weighted by Gasteiger charge is -2.17. The molecule has 4 N–H and O–H groups in total. The Morgan fingerprint density at radius 3 is 2.50 bits per heavy atom. The second-order valence-corrected chi connectivity index (χ2v) is 4.74. The zero-order valence-corrected chi connectivity index (χ0v) is 11.9. The number of carbonyl (C=O) groups is 2. The summed E-state index contributed by atoms with van der Waals surface area (Å²) in [5.74, 6) is -0.348. The Bertz CT molecular complexity index is 420. The summed E-state index contributed by atoms with van der Waals surface area (Å²) in [5.41, 5.74) is 6.47. The molecule has 1 atom stereocenters. The zero-order valence-electron chi connectivity index (χ0n) is 11.9. The van der Waals surface area contributed by atoms with E-state index in [2.05, 4.69) is 10.6 Å². The summed E-state index contributed by atoms with van der Waals surface area (Å²) >= 11 is 0. The lowest BCUT2D eigenvalue weighted by atomic mass is 10.1. The Kier molecular flexibility index (Phi) is 7.35. The largest absolute Gasteiger partial charge is 0.350 e. The van der Waals surface area contributed by atoms with Crippen LogP contribution in [0.5, 0.6) is 0 Å². The standard InChI is InChI=1S/C15H23N3O2/c1-12(19)18-14(9-5-6-10-16)15(20)17-11-13-7-3-2-4-8-13/h2-4,7-8,14H,5-6,9-11,16H2,1H3,(H,17,20)(H,18,19)/t14-/m1/s1. The molecule has 1 aromatic carbocycles. The molecule has 0 heterocycles. The van der Waals surface area contributed by atoms with Crippen molar-refractivity contribution in [1.29, 1.82) is 0 Å². The van der Waals surface area contributed by atoms with E-state index in [1.54, 1.807) is 0 Å². The summed E-state index contributed by atoms with van der Waals surface area (Å²) in [6, 6.07) is 9.19. The first-order chi connectivity index (χ1) is 9.63. The number of nitrogens with one attached hydrogen (secondary N) is 2. The summed E-state index contributed by atoms with van der Waals surface area (Å²) in [6.07, 6.45) is 2.28. The summed E-state index contributed by atoms with van der Waals surface area (Å²) in [5, 5.41) is 5.53. The van der Waals surface area contributed by atoms with Gasteiger partial charge in [-0.2, -0.15) is 0 Å². The third-order valence-electron chi connectivity index (χ3n) is 2.95. The minimum absolute atomic E-state index is 0.152. The molecule has 0 aromatic heterocycles. The highest BCUT2D eigenvalue weighted by Gasteiger charge is 2.18. The molecule has 0 saturated heterocycles. The minimum atomic E-state index is -0.484. The average molecular weight is 277 g/mol. The van der Waals surface area contributed by atoms with Crippen molar-refractivity contribution in [2.75, 3.05) is 6.54 Å². The van der Waals surface area contributed by atoms with Gasteiger partial charge in [-0.1, -0.05) is 30.3 Å². The highest BCUT2D eigenvalue weighted by molar-refractivity contribution is 5.86. The van der Waals surface area contributed by atoms with Gasteiger partial charge >= 0.3 is 0 Å². The zero-order chi connectivity index (χ0) is 14.8. The number of benzene rings is 1. The lowest BCUT2D eigenvalue weighted by molar-refractivity contribution is -0.128. The Morgan fingerprint density at radius 2 is 1.90 bits per heavy atom. The smallest absolute Gasteiger partial charge is 0.242 e. The molecule has 0 aliphatic heterocycles. The van der Waals surface area contributed by atoms with Crippen LogP contribution >= 0.6 is 0 Å². The van der Waals surface area contributed by atoms with E-state index in [0.29, 0.717) is 19.5 Å². The van der Waals surface area contributed by atoms with E-state index < -0.39 is 6.04 Å². The Labute approximate surface area is 119 Å². The molecule has 0 spiro atoms. The molecule has 5 heteroatoms. The van der Waals surface area contributed by atoms with Gasteiger partial charge in [0.25, 0.3) is 0 Å². The minimum Gasteiger partial charge on any atom is -0.350 e. The van der Waals surface area contributed by atoms with Gasteiger partial charge in [0.2, 0.25) is 11.8 Å². The molecular weight excluding hydrogens is 254 g/mol. The fourth-order valence-corrected chi connectivity index (χ4v) is 1.92. The molecule has 0 aliphatic carbocycles. The van der Waals surface area contributed by atoms with Crippen molar-refractivity contribution >= 4 is 11.8 Å². The van der Waals surface area contributed by atoms with Crippen molar-refractivity contribution in [2.24, 2.45) is 5.73 Å². The fourth-order valence-electron chi connectivity index (χ4n) is 1.92. The van der Waals surface area contributed by atoms with E-state index >= 15 is 0 Å². The maximum Gasteiger partial charge on any atom is 0.242 e. The second-order valence-electron chi connectivity index (χ2n) is 4.74. The van der Waals surface area contributed by atoms with Gasteiger partial charge in [-0.3, -0.25) is 9.59 Å². The van der Waals surface area contributed by atoms with Crippen LogP contribution in [0.2, 0.25) is 0 Å². The van der Waals surface area contributed by atoms with Gasteiger partial charge in [-0.15, -0.1) is 0 Å². The molecular formula is C15H23N3O2. The monoisotopic (exact) mass is 277 g/mol. The lowest BCUT2D eigenvalue weighted by Crippen LogP contribution is -2.45. The molecule has 1 aromatic rings. The number of carbonyl (C=O) groups excluding carboxylic acids is 2. The van der Waals surface area contributed by atoms with Crippen molar-refractivity contribution < 1.29 is 9.59 Å². The predicted octanol–water partition coefficient (Wildman–Crippen LogP) is 0.937. The van der Waals surface area contributed by atoms with E-state index in [-0.39, 0.29) is 11.8 Å². The van der Waals surface area contributed by atoms with Crippen molar-refractivity contribution in [3.05, 3.63) is 35.9 Å². The van der Waals surface area contributed by atoms with E-state index in [9.17, 15) is 9.59 Å². The molecule has 1 rings (SSSR count).